The van der Waals surface area contributed by atoms with Gasteiger partial charge in [-0.1, -0.05) is 6.07 Å². The molecule has 2 aromatic rings. The molecule has 7 nitrogen and oxygen atoms in total. The van der Waals surface area contributed by atoms with Crippen LogP contribution in [0.25, 0.3) is 11.1 Å². The fraction of sp³-hybridized carbons (Fsp3) is 0.188. The van der Waals surface area contributed by atoms with Gasteiger partial charge in [0.2, 0.25) is 0 Å². The average molecular weight is 317 g/mol. The maximum absolute atomic E-state index is 12.1. The van der Waals surface area contributed by atoms with Crippen LogP contribution >= 0.6 is 0 Å². The third-order valence-electron chi connectivity index (χ3n) is 3.32. The van der Waals surface area contributed by atoms with Gasteiger partial charge in [0.05, 0.1) is 37.4 Å². The van der Waals surface area contributed by atoms with E-state index in [2.05, 4.69) is 0 Å². The van der Waals surface area contributed by atoms with Crippen molar-refractivity contribution >= 4 is 11.7 Å². The first-order chi connectivity index (χ1) is 11.0. The lowest BCUT2D eigenvalue weighted by Crippen LogP contribution is -2.06. The Labute approximate surface area is 132 Å². The number of carbonyl (C=O) groups excluding carboxylic acids is 1. The molecule has 0 aliphatic rings. The fourth-order valence-corrected chi connectivity index (χ4v) is 2.26. The zero-order valence-corrected chi connectivity index (χ0v) is 12.9. The van der Waals surface area contributed by atoms with E-state index < -0.39 is 10.9 Å². The molecule has 2 aromatic carbocycles. The number of nitrogens with zero attached hydrogens (tertiary/aromatic N) is 1. The predicted molar refractivity (Wildman–Crippen MR) is 83.0 cm³/mol. The van der Waals surface area contributed by atoms with Gasteiger partial charge in [-0.3, -0.25) is 10.1 Å². The lowest BCUT2D eigenvalue weighted by molar-refractivity contribution is -0.384. The molecular weight excluding hydrogens is 302 g/mol. The zero-order valence-electron chi connectivity index (χ0n) is 12.9. The number of esters is 1. The molecule has 0 N–H and O–H groups in total. The number of carbonyl (C=O) groups is 1. The van der Waals surface area contributed by atoms with Gasteiger partial charge in [-0.2, -0.15) is 0 Å². The zero-order chi connectivity index (χ0) is 17.0. The summed E-state index contributed by atoms with van der Waals surface area (Å²) >= 11 is 0. The molecule has 7 heteroatoms. The number of ether oxygens (including phenoxy) is 3. The first-order valence-corrected chi connectivity index (χ1v) is 6.61. The van der Waals surface area contributed by atoms with Gasteiger partial charge < -0.3 is 14.2 Å². The van der Waals surface area contributed by atoms with Crippen LogP contribution in [0.1, 0.15) is 10.4 Å². The third kappa shape index (κ3) is 3.08. The van der Waals surface area contributed by atoms with E-state index in [0.29, 0.717) is 22.6 Å². The second-order valence-electron chi connectivity index (χ2n) is 4.52. The largest absolute Gasteiger partial charge is 0.496 e. The SMILES string of the molecule is COC(=O)c1cc([N+](=O)[O-])ccc1-c1c(OC)cccc1OC. The first kappa shape index (κ1) is 16.3. The number of nitro groups is 1. The Kier molecular flexibility index (Phi) is 4.80. The van der Waals surface area contributed by atoms with Gasteiger partial charge in [-0.15, -0.1) is 0 Å². The number of benzene rings is 2. The topological polar surface area (TPSA) is 87.9 Å². The van der Waals surface area contributed by atoms with Crippen LogP contribution in [0.4, 0.5) is 5.69 Å². The van der Waals surface area contributed by atoms with E-state index in [1.54, 1.807) is 18.2 Å². The quantitative estimate of drug-likeness (QED) is 0.478. The third-order valence-corrected chi connectivity index (χ3v) is 3.32. The molecule has 0 saturated heterocycles. The highest BCUT2D eigenvalue weighted by atomic mass is 16.6. The number of nitro benzene ring substituents is 1. The molecule has 0 atom stereocenters. The Morgan fingerprint density at radius 2 is 1.65 bits per heavy atom. The standard InChI is InChI=1S/C16H15NO6/c1-21-13-5-4-6-14(22-2)15(13)11-8-7-10(17(19)20)9-12(11)16(18)23-3/h4-9H,1-3H3. The van der Waals surface area contributed by atoms with Gasteiger partial charge in [-0.05, 0) is 18.2 Å². The summed E-state index contributed by atoms with van der Waals surface area (Å²) in [6, 6.07) is 9.12. The predicted octanol–water partition coefficient (Wildman–Crippen LogP) is 3.07. The molecule has 120 valence electrons. The molecule has 0 aliphatic carbocycles. The molecular formula is C16H15NO6. The van der Waals surface area contributed by atoms with Crippen LogP contribution in [0.3, 0.4) is 0 Å². The summed E-state index contributed by atoms with van der Waals surface area (Å²) in [6.45, 7) is 0. The molecule has 0 aromatic heterocycles. The molecule has 0 unspecified atom stereocenters. The summed E-state index contributed by atoms with van der Waals surface area (Å²) < 4.78 is 15.4. The Balaban J connectivity index is 2.78. The Bertz CT molecular complexity index is 734. The molecule has 0 spiro atoms. The van der Waals surface area contributed by atoms with Crippen molar-refractivity contribution in [2.75, 3.05) is 21.3 Å². The van der Waals surface area contributed by atoms with Crippen molar-refractivity contribution in [1.29, 1.82) is 0 Å². The normalized spacial score (nSPS) is 10.0. The Hall–Kier alpha value is -3.09. The molecule has 0 amide bonds. The molecule has 0 fully saturated rings. The highest BCUT2D eigenvalue weighted by Gasteiger charge is 2.22. The van der Waals surface area contributed by atoms with Gasteiger partial charge >= 0.3 is 5.97 Å². The van der Waals surface area contributed by atoms with E-state index in [4.69, 9.17) is 14.2 Å². The second kappa shape index (κ2) is 6.78. The van der Waals surface area contributed by atoms with Crippen LogP contribution in [0, 0.1) is 10.1 Å². The molecule has 0 saturated carbocycles. The monoisotopic (exact) mass is 317 g/mol. The smallest absolute Gasteiger partial charge is 0.338 e. The van der Waals surface area contributed by atoms with Crippen molar-refractivity contribution < 1.29 is 23.9 Å². The minimum atomic E-state index is -0.684. The van der Waals surface area contributed by atoms with Gasteiger partial charge in [0.1, 0.15) is 11.5 Å². The molecule has 0 aliphatic heterocycles. The molecule has 0 bridgehead atoms. The van der Waals surface area contributed by atoms with E-state index in [1.807, 2.05) is 0 Å². The summed E-state index contributed by atoms with van der Waals surface area (Å²) in [5.41, 5.74) is 0.803. The summed E-state index contributed by atoms with van der Waals surface area (Å²) in [5, 5.41) is 11.0. The van der Waals surface area contributed by atoms with E-state index >= 15 is 0 Å². The van der Waals surface area contributed by atoms with E-state index in [1.165, 1.54) is 39.5 Å². The number of methoxy groups -OCH3 is 3. The number of non-ortho nitro benzene ring substituents is 1. The van der Waals surface area contributed by atoms with Crippen LogP contribution < -0.4 is 9.47 Å². The lowest BCUT2D eigenvalue weighted by Gasteiger charge is -2.15. The highest BCUT2D eigenvalue weighted by Crippen LogP contribution is 2.41. The van der Waals surface area contributed by atoms with Crippen molar-refractivity contribution in [3.8, 4) is 22.6 Å². The van der Waals surface area contributed by atoms with Crippen molar-refractivity contribution in [1.82, 2.24) is 0 Å². The Morgan fingerprint density at radius 1 is 1.04 bits per heavy atom. The summed E-state index contributed by atoms with van der Waals surface area (Å²) in [7, 11) is 4.19. The second-order valence-corrected chi connectivity index (χ2v) is 4.52. The molecule has 0 heterocycles. The maximum Gasteiger partial charge on any atom is 0.338 e. The number of hydrogen-bond acceptors (Lipinski definition) is 6. The highest BCUT2D eigenvalue weighted by molar-refractivity contribution is 6.00. The first-order valence-electron chi connectivity index (χ1n) is 6.61. The van der Waals surface area contributed by atoms with E-state index in [9.17, 15) is 14.9 Å². The minimum absolute atomic E-state index is 0.0597. The summed E-state index contributed by atoms with van der Waals surface area (Å²) in [6.07, 6.45) is 0. The van der Waals surface area contributed by atoms with E-state index in [-0.39, 0.29) is 11.3 Å². The summed E-state index contributed by atoms with van der Waals surface area (Å²) in [5.74, 6) is 0.267. The Morgan fingerprint density at radius 3 is 2.13 bits per heavy atom. The van der Waals surface area contributed by atoms with Crippen molar-refractivity contribution in [2.24, 2.45) is 0 Å². The molecule has 0 radical (unpaired) electrons. The fourth-order valence-electron chi connectivity index (χ4n) is 2.26. The van der Waals surface area contributed by atoms with Crippen LogP contribution in [0.5, 0.6) is 11.5 Å². The van der Waals surface area contributed by atoms with Crippen molar-refractivity contribution in [3.05, 3.63) is 52.1 Å². The minimum Gasteiger partial charge on any atom is -0.496 e. The summed E-state index contributed by atoms with van der Waals surface area (Å²) in [4.78, 5) is 22.4. The van der Waals surface area contributed by atoms with Crippen LogP contribution in [-0.2, 0) is 4.74 Å². The average Bonchev–Trinajstić information content (AvgIpc) is 2.59. The lowest BCUT2D eigenvalue weighted by atomic mass is 9.97. The number of rotatable bonds is 5. The number of hydrogen-bond donors (Lipinski definition) is 0. The molecule has 23 heavy (non-hydrogen) atoms. The van der Waals surface area contributed by atoms with E-state index in [0.717, 1.165) is 0 Å². The van der Waals surface area contributed by atoms with Gasteiger partial charge in [0, 0.05) is 17.7 Å². The van der Waals surface area contributed by atoms with Crippen LogP contribution in [0.2, 0.25) is 0 Å². The molecule has 2 rings (SSSR count). The van der Waals surface area contributed by atoms with Crippen molar-refractivity contribution in [2.45, 2.75) is 0 Å². The van der Waals surface area contributed by atoms with Crippen molar-refractivity contribution in [3.63, 3.8) is 0 Å². The van der Waals surface area contributed by atoms with Crippen LogP contribution in [-0.4, -0.2) is 32.2 Å². The van der Waals surface area contributed by atoms with Crippen LogP contribution in [0.15, 0.2) is 36.4 Å². The maximum atomic E-state index is 12.1. The van der Waals surface area contributed by atoms with Gasteiger partial charge in [0.15, 0.2) is 0 Å². The van der Waals surface area contributed by atoms with Gasteiger partial charge in [-0.25, -0.2) is 4.79 Å². The van der Waals surface area contributed by atoms with Gasteiger partial charge in [0.25, 0.3) is 5.69 Å².